The zero-order valence-electron chi connectivity index (χ0n) is 14.3. The molecule has 2 atom stereocenters. The summed E-state index contributed by atoms with van der Waals surface area (Å²) in [4.78, 5) is 25.2. The number of amides is 1. The van der Waals surface area contributed by atoms with Crippen LogP contribution in [0.15, 0.2) is 12.4 Å². The summed E-state index contributed by atoms with van der Waals surface area (Å²) in [5, 5.41) is 0.536. The van der Waals surface area contributed by atoms with Gasteiger partial charge in [-0.2, -0.15) is 0 Å². The lowest BCUT2D eigenvalue weighted by atomic mass is 10.0. The van der Waals surface area contributed by atoms with Gasteiger partial charge in [0.05, 0.1) is 24.0 Å². The number of hydrogen-bond donors (Lipinski definition) is 1. The Morgan fingerprint density at radius 2 is 1.92 bits per heavy atom. The van der Waals surface area contributed by atoms with Crippen molar-refractivity contribution in [3.8, 4) is 0 Å². The fourth-order valence-electron chi connectivity index (χ4n) is 3.31. The van der Waals surface area contributed by atoms with E-state index in [0.29, 0.717) is 17.6 Å². The van der Waals surface area contributed by atoms with Gasteiger partial charge in [-0.3, -0.25) is 4.79 Å². The van der Waals surface area contributed by atoms with Crippen molar-refractivity contribution in [1.82, 2.24) is 14.9 Å². The zero-order chi connectivity index (χ0) is 17.1. The number of rotatable bonds is 5. The van der Waals surface area contributed by atoms with Crippen molar-refractivity contribution in [3.63, 3.8) is 0 Å². The molecule has 3 heterocycles. The summed E-state index contributed by atoms with van der Waals surface area (Å²) in [5.74, 6) is 0.806. The second kappa shape index (κ2) is 8.98. The minimum Gasteiger partial charge on any atom is -0.367 e. The largest absolute Gasteiger partial charge is 0.367 e. The van der Waals surface area contributed by atoms with Crippen molar-refractivity contribution in [1.29, 1.82) is 0 Å². The molecule has 2 N–H and O–H groups in total. The molecule has 0 aliphatic carbocycles. The van der Waals surface area contributed by atoms with Crippen LogP contribution in [-0.4, -0.2) is 65.2 Å². The Labute approximate surface area is 159 Å². The van der Waals surface area contributed by atoms with Crippen LogP contribution in [0, 0.1) is 0 Å². The van der Waals surface area contributed by atoms with Gasteiger partial charge in [0.15, 0.2) is 0 Å². The highest BCUT2D eigenvalue weighted by atomic mass is 35.5. The maximum absolute atomic E-state index is 12.5. The second-order valence-electron chi connectivity index (χ2n) is 6.54. The Bertz CT molecular complexity index is 564. The maximum Gasteiger partial charge on any atom is 0.252 e. The Hall–Kier alpha value is -1.15. The number of likely N-dealkylation sites (tertiary alicyclic amines) is 1. The van der Waals surface area contributed by atoms with E-state index in [4.69, 9.17) is 22.1 Å². The molecule has 0 bridgehead atoms. The van der Waals surface area contributed by atoms with E-state index in [1.165, 1.54) is 0 Å². The first-order valence-corrected chi connectivity index (χ1v) is 8.82. The number of piperidine rings is 1. The number of carbonyl (C=O) groups excluding carboxylic acids is 1. The molecule has 25 heavy (non-hydrogen) atoms. The lowest BCUT2D eigenvalue weighted by Crippen LogP contribution is -2.47. The minimum absolute atomic E-state index is 0. The summed E-state index contributed by atoms with van der Waals surface area (Å²) in [6.07, 6.45) is 5.48. The van der Waals surface area contributed by atoms with Gasteiger partial charge >= 0.3 is 0 Å². The molecule has 2 fully saturated rings. The molecule has 0 aromatic carbocycles. The minimum atomic E-state index is -0.325. The second-order valence-corrected chi connectivity index (χ2v) is 6.98. The normalized spacial score (nSPS) is 22.8. The van der Waals surface area contributed by atoms with Crippen molar-refractivity contribution in [2.75, 3.05) is 31.1 Å². The third kappa shape index (κ3) is 4.94. The fourth-order valence-corrected chi connectivity index (χ4v) is 3.40. The first kappa shape index (κ1) is 20.2. The lowest BCUT2D eigenvalue weighted by Gasteiger charge is -2.36. The van der Waals surface area contributed by atoms with Gasteiger partial charge in [0.25, 0.3) is 5.91 Å². The van der Waals surface area contributed by atoms with E-state index in [1.54, 1.807) is 12.4 Å². The van der Waals surface area contributed by atoms with E-state index in [-0.39, 0.29) is 36.5 Å². The third-order valence-corrected chi connectivity index (χ3v) is 4.74. The molecule has 0 spiro atoms. The van der Waals surface area contributed by atoms with Crippen LogP contribution in [0.3, 0.4) is 0 Å². The van der Waals surface area contributed by atoms with Crippen molar-refractivity contribution in [2.24, 2.45) is 5.73 Å². The highest BCUT2D eigenvalue weighted by molar-refractivity contribution is 6.30. The number of nitrogens with zero attached hydrogens (tertiary/aromatic N) is 4. The van der Waals surface area contributed by atoms with Crippen molar-refractivity contribution in [2.45, 2.75) is 44.4 Å². The number of aromatic nitrogens is 2. The Balaban J connectivity index is 0.00000225. The number of halogens is 2. The van der Waals surface area contributed by atoms with Crippen LogP contribution >= 0.6 is 24.0 Å². The van der Waals surface area contributed by atoms with Crippen LogP contribution in [-0.2, 0) is 9.53 Å². The van der Waals surface area contributed by atoms with Crippen LogP contribution in [0.25, 0.3) is 0 Å². The fraction of sp³-hybridized carbons (Fsp3) is 0.688. The Morgan fingerprint density at radius 3 is 2.52 bits per heavy atom. The predicted molar refractivity (Wildman–Crippen MR) is 99.2 cm³/mol. The van der Waals surface area contributed by atoms with Gasteiger partial charge in [-0.25, -0.2) is 9.97 Å². The molecule has 2 saturated heterocycles. The average molecular weight is 390 g/mol. The van der Waals surface area contributed by atoms with Crippen molar-refractivity contribution >= 4 is 35.9 Å². The van der Waals surface area contributed by atoms with Gasteiger partial charge in [-0.1, -0.05) is 11.6 Å². The molecule has 7 nitrogen and oxygen atoms in total. The maximum atomic E-state index is 12.5. The molecule has 0 saturated carbocycles. The van der Waals surface area contributed by atoms with Crippen LogP contribution in [0.4, 0.5) is 5.95 Å². The summed E-state index contributed by atoms with van der Waals surface area (Å²) in [6.45, 7) is 4.75. The summed E-state index contributed by atoms with van der Waals surface area (Å²) in [6, 6.07) is 0.222. The predicted octanol–water partition coefficient (Wildman–Crippen LogP) is 1.49. The first-order valence-electron chi connectivity index (χ1n) is 8.44. The van der Waals surface area contributed by atoms with Gasteiger partial charge in [-0.05, 0) is 19.8 Å². The monoisotopic (exact) mass is 389 g/mol. The summed E-state index contributed by atoms with van der Waals surface area (Å²) >= 11 is 5.83. The van der Waals surface area contributed by atoms with Crippen LogP contribution < -0.4 is 10.6 Å². The third-order valence-electron chi connectivity index (χ3n) is 4.55. The molecular weight excluding hydrogens is 365 g/mol. The molecule has 1 aromatic rings. The van der Waals surface area contributed by atoms with E-state index in [0.717, 1.165) is 38.9 Å². The molecule has 0 radical (unpaired) electrons. The summed E-state index contributed by atoms with van der Waals surface area (Å²) in [7, 11) is 0. The van der Waals surface area contributed by atoms with E-state index >= 15 is 0 Å². The van der Waals surface area contributed by atoms with Gasteiger partial charge in [0.1, 0.15) is 6.10 Å². The zero-order valence-corrected chi connectivity index (χ0v) is 15.9. The summed E-state index contributed by atoms with van der Waals surface area (Å²) < 4.78 is 5.64. The van der Waals surface area contributed by atoms with Crippen molar-refractivity contribution in [3.05, 3.63) is 17.4 Å². The molecule has 1 amide bonds. The smallest absolute Gasteiger partial charge is 0.252 e. The van der Waals surface area contributed by atoms with Gasteiger partial charge in [0, 0.05) is 38.1 Å². The van der Waals surface area contributed by atoms with E-state index < -0.39 is 0 Å². The van der Waals surface area contributed by atoms with Gasteiger partial charge in [0.2, 0.25) is 5.95 Å². The molecule has 0 unspecified atom stereocenters. The molecule has 9 heteroatoms. The van der Waals surface area contributed by atoms with Crippen molar-refractivity contribution < 1.29 is 9.53 Å². The molecule has 2 aliphatic heterocycles. The number of anilines is 1. The number of carbonyl (C=O) groups is 1. The Morgan fingerprint density at radius 1 is 1.28 bits per heavy atom. The first-order chi connectivity index (χ1) is 11.5. The number of nitrogens with two attached hydrogens (primary N) is 1. The molecule has 140 valence electrons. The van der Waals surface area contributed by atoms with E-state index in [1.807, 2.05) is 11.8 Å². The van der Waals surface area contributed by atoms with Crippen LogP contribution in [0.5, 0.6) is 0 Å². The molecule has 1 aromatic heterocycles. The highest BCUT2D eigenvalue weighted by Gasteiger charge is 2.38. The SMILES string of the molecule is C[C@H](N)CO[C@@H]1CCN(C2CCN(c3ncc(Cl)cn3)CC2)C1=O.Cl. The van der Waals surface area contributed by atoms with Gasteiger partial charge < -0.3 is 20.3 Å². The standard InChI is InChI=1S/C16H24ClN5O2.ClH/c1-11(18)10-24-14-4-7-22(15(14)23)13-2-5-21(6-3-13)16-19-8-12(17)9-20-16;/h8-9,11,13-14H,2-7,10,18H2,1H3;1H/t11-,14+;/m0./s1. The number of hydrogen-bond acceptors (Lipinski definition) is 6. The topological polar surface area (TPSA) is 84.6 Å². The highest BCUT2D eigenvalue weighted by Crippen LogP contribution is 2.25. The van der Waals surface area contributed by atoms with Crippen LogP contribution in [0.2, 0.25) is 5.02 Å². The van der Waals surface area contributed by atoms with E-state index in [2.05, 4.69) is 14.9 Å². The molecule has 3 rings (SSSR count). The van der Waals surface area contributed by atoms with Gasteiger partial charge in [-0.15, -0.1) is 12.4 Å². The molecule has 2 aliphatic rings. The molecular formula is C16H25Cl2N5O2. The lowest BCUT2D eigenvalue weighted by molar-refractivity contribution is -0.139. The number of ether oxygens (including phenoxy) is 1. The Kier molecular flexibility index (Phi) is 7.25. The van der Waals surface area contributed by atoms with E-state index in [9.17, 15) is 4.79 Å². The van der Waals surface area contributed by atoms with Crippen LogP contribution in [0.1, 0.15) is 26.2 Å². The quantitative estimate of drug-likeness (QED) is 0.820. The average Bonchev–Trinajstić information content (AvgIpc) is 2.95. The summed E-state index contributed by atoms with van der Waals surface area (Å²) in [5.41, 5.74) is 5.70.